The van der Waals surface area contributed by atoms with Crippen molar-refractivity contribution >= 4 is 51.3 Å². The van der Waals surface area contributed by atoms with Crippen LogP contribution in [0.15, 0.2) is 46.0 Å². The first-order valence-corrected chi connectivity index (χ1v) is 8.72. The maximum Gasteiger partial charge on any atom is 0.277 e. The summed E-state index contributed by atoms with van der Waals surface area (Å²) in [6.07, 6.45) is 2.29. The largest absolute Gasteiger partial charge is 0.483 e. The minimum atomic E-state index is -0.351. The maximum absolute atomic E-state index is 11.8. The van der Waals surface area contributed by atoms with E-state index in [0.29, 0.717) is 15.8 Å². The van der Waals surface area contributed by atoms with Crippen molar-refractivity contribution in [1.29, 1.82) is 0 Å². The molecule has 1 amide bonds. The highest BCUT2D eigenvalue weighted by atomic mass is 79.9. The summed E-state index contributed by atoms with van der Waals surface area (Å²) in [5.41, 5.74) is 4.16. The molecule has 0 aromatic heterocycles. The number of benzene rings is 2. The normalized spacial score (nSPS) is 10.8. The van der Waals surface area contributed by atoms with Crippen molar-refractivity contribution in [2.45, 2.75) is 13.3 Å². The van der Waals surface area contributed by atoms with E-state index in [1.165, 1.54) is 6.21 Å². The summed E-state index contributed by atoms with van der Waals surface area (Å²) in [6, 6.07) is 10.7. The first kappa shape index (κ1) is 18.8. The van der Waals surface area contributed by atoms with Crippen LogP contribution in [0.25, 0.3) is 0 Å². The molecule has 7 heteroatoms. The summed E-state index contributed by atoms with van der Waals surface area (Å²) in [5.74, 6) is 0.334. The Hall–Kier alpha value is -1.56. The number of hydrazone groups is 1. The zero-order valence-electron chi connectivity index (χ0n) is 12.9. The molecule has 0 saturated carbocycles. The van der Waals surface area contributed by atoms with Crippen LogP contribution in [-0.4, -0.2) is 18.7 Å². The van der Waals surface area contributed by atoms with Crippen molar-refractivity contribution in [2.75, 3.05) is 6.61 Å². The van der Waals surface area contributed by atoms with Crippen molar-refractivity contribution in [2.24, 2.45) is 5.10 Å². The Labute approximate surface area is 158 Å². The predicted molar refractivity (Wildman–Crippen MR) is 101 cm³/mol. The van der Waals surface area contributed by atoms with E-state index < -0.39 is 0 Å². The number of nitrogens with one attached hydrogen (secondary N) is 1. The van der Waals surface area contributed by atoms with Gasteiger partial charge in [-0.2, -0.15) is 5.10 Å². The third-order valence-corrected chi connectivity index (χ3v) is 4.34. The molecular weight excluding hydrogens is 415 g/mol. The highest BCUT2D eigenvalue weighted by molar-refractivity contribution is 9.10. The van der Waals surface area contributed by atoms with Crippen molar-refractivity contribution < 1.29 is 9.53 Å². The van der Waals surface area contributed by atoms with Crippen LogP contribution in [0.3, 0.4) is 0 Å². The van der Waals surface area contributed by atoms with Gasteiger partial charge in [0.1, 0.15) is 5.75 Å². The molecule has 0 bridgehead atoms. The van der Waals surface area contributed by atoms with Crippen molar-refractivity contribution in [3.05, 3.63) is 62.0 Å². The lowest BCUT2D eigenvalue weighted by molar-refractivity contribution is -0.123. The highest BCUT2D eigenvalue weighted by Crippen LogP contribution is 2.23. The molecule has 24 heavy (non-hydrogen) atoms. The van der Waals surface area contributed by atoms with Crippen molar-refractivity contribution in [3.63, 3.8) is 0 Å². The van der Waals surface area contributed by atoms with E-state index in [-0.39, 0.29) is 12.5 Å². The molecule has 0 unspecified atom stereocenters. The molecule has 2 rings (SSSR count). The number of amides is 1. The molecule has 0 fully saturated rings. The van der Waals surface area contributed by atoms with E-state index in [1.807, 2.05) is 25.1 Å². The number of ether oxygens (including phenoxy) is 1. The quantitative estimate of drug-likeness (QED) is 0.527. The minimum Gasteiger partial charge on any atom is -0.483 e. The van der Waals surface area contributed by atoms with Gasteiger partial charge in [-0.05, 0) is 47.9 Å². The highest BCUT2D eigenvalue weighted by Gasteiger charge is 2.06. The Morgan fingerprint density at radius 2 is 2.04 bits per heavy atom. The van der Waals surface area contributed by atoms with Gasteiger partial charge in [0, 0.05) is 4.47 Å². The lowest BCUT2D eigenvalue weighted by atomic mass is 10.1. The SMILES string of the molecule is CCc1cc(Br)ccc1OCC(=O)N/N=C/c1ccc(Cl)c(Cl)c1. The van der Waals surface area contributed by atoms with E-state index in [9.17, 15) is 4.79 Å². The Morgan fingerprint density at radius 3 is 2.75 bits per heavy atom. The van der Waals surface area contributed by atoms with E-state index >= 15 is 0 Å². The molecule has 0 spiro atoms. The molecular formula is C17H15BrCl2N2O2. The van der Waals surface area contributed by atoms with E-state index in [2.05, 4.69) is 26.5 Å². The number of hydrogen-bond acceptors (Lipinski definition) is 3. The molecule has 0 aliphatic heterocycles. The first-order valence-electron chi connectivity index (χ1n) is 7.17. The van der Waals surface area contributed by atoms with Crippen LogP contribution in [0.2, 0.25) is 10.0 Å². The maximum atomic E-state index is 11.8. The van der Waals surface area contributed by atoms with E-state index in [0.717, 1.165) is 22.0 Å². The lowest BCUT2D eigenvalue weighted by Crippen LogP contribution is -2.24. The monoisotopic (exact) mass is 428 g/mol. The average molecular weight is 430 g/mol. The van der Waals surface area contributed by atoms with Gasteiger partial charge >= 0.3 is 0 Å². The summed E-state index contributed by atoms with van der Waals surface area (Å²) < 4.78 is 6.51. The molecule has 0 atom stereocenters. The minimum absolute atomic E-state index is 0.118. The molecule has 0 saturated heterocycles. The van der Waals surface area contributed by atoms with Crippen LogP contribution in [0.1, 0.15) is 18.1 Å². The molecule has 0 heterocycles. The van der Waals surface area contributed by atoms with Gasteiger partial charge in [-0.3, -0.25) is 4.79 Å². The van der Waals surface area contributed by atoms with Gasteiger partial charge in [0.15, 0.2) is 6.61 Å². The van der Waals surface area contributed by atoms with Crippen LogP contribution >= 0.6 is 39.1 Å². The molecule has 126 valence electrons. The second kappa shape index (κ2) is 9.06. The van der Waals surface area contributed by atoms with Crippen LogP contribution in [0, 0.1) is 0 Å². The third kappa shape index (κ3) is 5.51. The number of aryl methyl sites for hydroxylation is 1. The molecule has 4 nitrogen and oxygen atoms in total. The Kier molecular flexibility index (Phi) is 7.09. The Morgan fingerprint density at radius 1 is 1.25 bits per heavy atom. The van der Waals surface area contributed by atoms with Crippen molar-refractivity contribution in [3.8, 4) is 5.75 Å². The molecule has 1 N–H and O–H groups in total. The first-order chi connectivity index (χ1) is 11.5. The fourth-order valence-electron chi connectivity index (χ4n) is 1.91. The van der Waals surface area contributed by atoms with Gasteiger partial charge in [-0.25, -0.2) is 5.43 Å². The fraction of sp³-hybridized carbons (Fsp3) is 0.176. The summed E-state index contributed by atoms with van der Waals surface area (Å²) in [7, 11) is 0. The smallest absolute Gasteiger partial charge is 0.277 e. The molecule has 0 aliphatic rings. The van der Waals surface area contributed by atoms with Gasteiger partial charge in [0.25, 0.3) is 5.91 Å². The molecule has 0 radical (unpaired) electrons. The Balaban J connectivity index is 1.87. The fourth-order valence-corrected chi connectivity index (χ4v) is 2.63. The summed E-state index contributed by atoms with van der Waals surface area (Å²) in [4.78, 5) is 11.8. The van der Waals surface area contributed by atoms with Gasteiger partial charge in [0.05, 0.1) is 16.3 Å². The van der Waals surface area contributed by atoms with Gasteiger partial charge in [-0.1, -0.05) is 52.1 Å². The standard InChI is InChI=1S/C17H15BrCl2N2O2/c1-2-12-8-13(18)4-6-16(12)24-10-17(23)22-21-9-11-3-5-14(19)15(20)7-11/h3-9H,2,10H2,1H3,(H,22,23)/b21-9+. The number of nitrogens with zero attached hydrogens (tertiary/aromatic N) is 1. The molecule has 2 aromatic carbocycles. The summed E-state index contributed by atoms with van der Waals surface area (Å²) in [6.45, 7) is 1.91. The number of hydrogen-bond donors (Lipinski definition) is 1. The van der Waals surface area contributed by atoms with Crippen LogP contribution in [-0.2, 0) is 11.2 Å². The second-order valence-corrected chi connectivity index (χ2v) is 6.59. The van der Waals surface area contributed by atoms with Gasteiger partial charge in [0.2, 0.25) is 0 Å². The number of carbonyl (C=O) groups excluding carboxylic acids is 1. The van der Waals surface area contributed by atoms with Crippen LogP contribution in [0.5, 0.6) is 5.75 Å². The average Bonchev–Trinajstić information content (AvgIpc) is 2.56. The molecule has 2 aromatic rings. The van der Waals surface area contributed by atoms with Crippen LogP contribution < -0.4 is 10.2 Å². The van der Waals surface area contributed by atoms with Gasteiger partial charge < -0.3 is 4.74 Å². The zero-order valence-corrected chi connectivity index (χ0v) is 16.0. The number of halogens is 3. The predicted octanol–water partition coefficient (Wildman–Crippen LogP) is 4.85. The van der Waals surface area contributed by atoms with Crippen LogP contribution in [0.4, 0.5) is 0 Å². The number of carbonyl (C=O) groups is 1. The van der Waals surface area contributed by atoms with Crippen molar-refractivity contribution in [1.82, 2.24) is 5.43 Å². The topological polar surface area (TPSA) is 50.7 Å². The lowest BCUT2D eigenvalue weighted by Gasteiger charge is -2.10. The van der Waals surface area contributed by atoms with E-state index in [1.54, 1.807) is 18.2 Å². The number of rotatable bonds is 6. The zero-order chi connectivity index (χ0) is 17.5. The van der Waals surface area contributed by atoms with E-state index in [4.69, 9.17) is 27.9 Å². The summed E-state index contributed by atoms with van der Waals surface area (Å²) in [5, 5.41) is 4.76. The Bertz CT molecular complexity index is 766. The molecule has 0 aliphatic carbocycles. The second-order valence-electron chi connectivity index (χ2n) is 4.86. The third-order valence-electron chi connectivity index (χ3n) is 3.11. The summed E-state index contributed by atoms with van der Waals surface area (Å²) >= 11 is 15.2. The van der Waals surface area contributed by atoms with Gasteiger partial charge in [-0.15, -0.1) is 0 Å².